The van der Waals surface area contributed by atoms with Crippen molar-refractivity contribution < 1.29 is 0 Å². The maximum absolute atomic E-state index is 2.36. The van der Waals surface area contributed by atoms with Crippen molar-refractivity contribution in [2.75, 3.05) is 0 Å². The Kier molecular flexibility index (Phi) is 1.49. The van der Waals surface area contributed by atoms with E-state index in [-0.39, 0.29) is 0 Å². The first-order valence-corrected chi connectivity index (χ1v) is 5.84. The molecule has 0 saturated heterocycles. The first kappa shape index (κ1) is 8.35. The van der Waals surface area contributed by atoms with Crippen LogP contribution in [0.5, 0.6) is 0 Å². The van der Waals surface area contributed by atoms with Crippen LogP contribution < -0.4 is 10.4 Å². The monoisotopic (exact) mass is 204 g/mol. The summed E-state index contributed by atoms with van der Waals surface area (Å²) in [4.78, 5) is 0. The summed E-state index contributed by atoms with van der Waals surface area (Å²) in [5.41, 5.74) is 3.02. The highest BCUT2D eigenvalue weighted by atomic mass is 14.2. The van der Waals surface area contributed by atoms with Gasteiger partial charge >= 0.3 is 0 Å². The van der Waals surface area contributed by atoms with Crippen molar-refractivity contribution in [1.82, 2.24) is 0 Å². The smallest absolute Gasteiger partial charge is 0.00731 e. The molecule has 16 heavy (non-hydrogen) atoms. The number of hydrogen-bond donors (Lipinski definition) is 0. The zero-order valence-electron chi connectivity index (χ0n) is 9.03. The second-order valence-electron chi connectivity index (χ2n) is 4.58. The summed E-state index contributed by atoms with van der Waals surface area (Å²) in [5.74, 6) is 0. The highest BCUT2D eigenvalue weighted by Gasteiger charge is 2.12. The van der Waals surface area contributed by atoms with E-state index in [1.165, 1.54) is 32.3 Å². The second kappa shape index (κ2) is 2.85. The zero-order valence-corrected chi connectivity index (χ0v) is 9.03. The molecule has 0 atom stereocenters. The van der Waals surface area contributed by atoms with Gasteiger partial charge in [0.25, 0.3) is 0 Å². The molecule has 0 heteroatoms. The topological polar surface area (TPSA) is 0 Å². The molecule has 0 bridgehead atoms. The number of rotatable bonds is 0. The maximum atomic E-state index is 2.36. The van der Waals surface area contributed by atoms with Crippen LogP contribution in [-0.4, -0.2) is 0 Å². The van der Waals surface area contributed by atoms with E-state index in [4.69, 9.17) is 0 Å². The van der Waals surface area contributed by atoms with Crippen LogP contribution in [0.15, 0.2) is 36.4 Å². The molecule has 0 aromatic heterocycles. The van der Waals surface area contributed by atoms with Crippen LogP contribution in [0.4, 0.5) is 0 Å². The van der Waals surface area contributed by atoms with E-state index in [0.717, 1.165) is 12.8 Å². The molecule has 2 aliphatic rings. The second-order valence-corrected chi connectivity index (χ2v) is 4.58. The van der Waals surface area contributed by atoms with Gasteiger partial charge in [-0.15, -0.1) is 0 Å². The first-order chi connectivity index (χ1) is 7.93. The summed E-state index contributed by atoms with van der Waals surface area (Å²) in [6.45, 7) is 0. The van der Waals surface area contributed by atoms with E-state index >= 15 is 0 Å². The number of allylic oxidation sites excluding steroid dienone is 2. The predicted octanol–water partition coefficient (Wildman–Crippen LogP) is 2.07. The van der Waals surface area contributed by atoms with E-state index < -0.39 is 0 Å². The van der Waals surface area contributed by atoms with E-state index in [0.29, 0.717) is 0 Å². The molecule has 0 unspecified atom stereocenters. The summed E-state index contributed by atoms with van der Waals surface area (Å²) in [5, 5.41) is 5.77. The lowest BCUT2D eigenvalue weighted by molar-refractivity contribution is 1.20. The molecule has 0 fully saturated rings. The normalized spacial score (nSPS) is 15.8. The van der Waals surface area contributed by atoms with Crippen LogP contribution in [0.25, 0.3) is 22.9 Å². The zero-order chi connectivity index (χ0) is 10.5. The fourth-order valence-electron chi connectivity index (χ4n) is 2.98. The van der Waals surface area contributed by atoms with Gasteiger partial charge in [0, 0.05) is 0 Å². The van der Waals surface area contributed by atoms with E-state index in [9.17, 15) is 0 Å². The van der Waals surface area contributed by atoms with Crippen LogP contribution >= 0.6 is 0 Å². The van der Waals surface area contributed by atoms with E-state index in [2.05, 4.69) is 48.6 Å². The molecule has 0 aliphatic heterocycles. The van der Waals surface area contributed by atoms with Crippen molar-refractivity contribution >= 4 is 22.9 Å². The first-order valence-electron chi connectivity index (χ1n) is 5.84. The fraction of sp³-hybridized carbons (Fsp3) is 0.125. The number of hydrogen-bond acceptors (Lipinski definition) is 0. The molecule has 0 heterocycles. The van der Waals surface area contributed by atoms with Crippen LogP contribution in [-0.2, 0) is 12.8 Å². The van der Waals surface area contributed by atoms with Gasteiger partial charge in [0.1, 0.15) is 0 Å². The molecule has 0 amide bonds. The van der Waals surface area contributed by atoms with Crippen LogP contribution in [0.1, 0.15) is 11.1 Å². The summed E-state index contributed by atoms with van der Waals surface area (Å²) in [6, 6.07) is 8.98. The Bertz CT molecular complexity index is 746. The van der Waals surface area contributed by atoms with Gasteiger partial charge in [-0.3, -0.25) is 0 Å². The Labute approximate surface area is 94.2 Å². The molecular weight excluding hydrogens is 192 g/mol. The van der Waals surface area contributed by atoms with Crippen molar-refractivity contribution in [1.29, 1.82) is 0 Å². The Balaban J connectivity index is 2.32. The largest absolute Gasteiger partial charge is 0.0801 e. The lowest BCUT2D eigenvalue weighted by Gasteiger charge is -2.10. The minimum Gasteiger partial charge on any atom is -0.0801 e. The Hall–Kier alpha value is -1.82. The van der Waals surface area contributed by atoms with Gasteiger partial charge in [-0.25, -0.2) is 0 Å². The summed E-state index contributed by atoms with van der Waals surface area (Å²) >= 11 is 0. The minimum absolute atomic E-state index is 1.08. The fourth-order valence-corrected chi connectivity index (χ4v) is 2.98. The third-order valence-electron chi connectivity index (χ3n) is 3.69. The number of fused-ring (bicyclic) bond motifs is 2. The molecule has 0 N–H and O–H groups in total. The lowest BCUT2D eigenvalue weighted by atomic mass is 9.94. The van der Waals surface area contributed by atoms with Gasteiger partial charge < -0.3 is 0 Å². The standard InChI is InChI=1S/C16H12/c1-2-7-14-12(4-1)10-13-6-3-5-11-8-9-15(14)16(11)13/h1-3,5-8,10H,4,9H2. The molecule has 2 aromatic carbocycles. The summed E-state index contributed by atoms with van der Waals surface area (Å²) < 4.78 is 0. The van der Waals surface area contributed by atoms with Crippen LogP contribution in [0, 0.1) is 0 Å². The van der Waals surface area contributed by atoms with Crippen molar-refractivity contribution in [3.05, 3.63) is 58.0 Å². The van der Waals surface area contributed by atoms with Gasteiger partial charge in [-0.2, -0.15) is 0 Å². The van der Waals surface area contributed by atoms with Crippen LogP contribution in [0.2, 0.25) is 0 Å². The molecule has 76 valence electrons. The lowest BCUT2D eigenvalue weighted by Crippen LogP contribution is -2.17. The molecule has 0 nitrogen and oxygen atoms in total. The van der Waals surface area contributed by atoms with Gasteiger partial charge in [-0.05, 0) is 45.2 Å². The summed E-state index contributed by atoms with van der Waals surface area (Å²) in [7, 11) is 0. The molecule has 0 spiro atoms. The molecule has 0 saturated carbocycles. The third-order valence-corrected chi connectivity index (χ3v) is 3.69. The van der Waals surface area contributed by atoms with Crippen molar-refractivity contribution in [3.63, 3.8) is 0 Å². The molecular formula is C16H12. The minimum atomic E-state index is 1.08. The quantitative estimate of drug-likeness (QED) is 0.616. The average molecular weight is 204 g/mol. The van der Waals surface area contributed by atoms with E-state index in [1.54, 1.807) is 0 Å². The van der Waals surface area contributed by atoms with Gasteiger partial charge in [-0.1, -0.05) is 48.6 Å². The van der Waals surface area contributed by atoms with Gasteiger partial charge in [0.05, 0.1) is 0 Å². The molecule has 2 aromatic rings. The highest BCUT2D eigenvalue weighted by Crippen LogP contribution is 2.20. The van der Waals surface area contributed by atoms with E-state index in [1.807, 2.05) is 0 Å². The average Bonchev–Trinajstić information content (AvgIpc) is 2.76. The summed E-state index contributed by atoms with van der Waals surface area (Å²) in [6.07, 6.45) is 11.2. The van der Waals surface area contributed by atoms with Crippen molar-refractivity contribution in [2.45, 2.75) is 12.8 Å². The van der Waals surface area contributed by atoms with Crippen LogP contribution in [0.3, 0.4) is 0 Å². The highest BCUT2D eigenvalue weighted by molar-refractivity contribution is 5.91. The molecule has 0 radical (unpaired) electrons. The molecule has 2 aliphatic carbocycles. The Morgan fingerprint density at radius 2 is 2.06 bits per heavy atom. The van der Waals surface area contributed by atoms with Gasteiger partial charge in [0.15, 0.2) is 0 Å². The van der Waals surface area contributed by atoms with Gasteiger partial charge in [0.2, 0.25) is 0 Å². The Morgan fingerprint density at radius 3 is 3.06 bits per heavy atom. The third kappa shape index (κ3) is 0.943. The molecule has 4 rings (SSSR count). The Morgan fingerprint density at radius 1 is 1.06 bits per heavy atom. The number of benzene rings is 2. The van der Waals surface area contributed by atoms with Crippen molar-refractivity contribution in [3.8, 4) is 0 Å². The van der Waals surface area contributed by atoms with Crippen molar-refractivity contribution in [2.24, 2.45) is 0 Å². The maximum Gasteiger partial charge on any atom is -0.00731 e. The predicted molar refractivity (Wildman–Crippen MR) is 68.7 cm³/mol. The SMILES string of the molecule is C1=CCc2cc3cccc4c3c(c2=C1)CC=4.